The second-order valence-electron chi connectivity index (χ2n) is 10.5. The average molecular weight is 485 g/mol. The first-order valence-corrected chi connectivity index (χ1v) is 13.1. The highest BCUT2D eigenvalue weighted by Gasteiger charge is 2.33. The average Bonchev–Trinajstić information content (AvgIpc) is 3.37. The van der Waals surface area contributed by atoms with Crippen LogP contribution in [-0.4, -0.2) is 103 Å². The molecule has 7 heteroatoms. The summed E-state index contributed by atoms with van der Waals surface area (Å²) in [6.07, 6.45) is 4.35. The van der Waals surface area contributed by atoms with Gasteiger partial charge < -0.3 is 14.4 Å². The van der Waals surface area contributed by atoms with Crippen LogP contribution in [0.25, 0.3) is 22.6 Å². The molecule has 1 aromatic heterocycles. The Morgan fingerprint density at radius 3 is 2.08 bits per heavy atom. The van der Waals surface area contributed by atoms with Gasteiger partial charge in [-0.25, -0.2) is 0 Å². The van der Waals surface area contributed by atoms with Gasteiger partial charge in [0.05, 0.1) is 19.0 Å². The third-order valence-corrected chi connectivity index (χ3v) is 7.97. The lowest BCUT2D eigenvalue weighted by atomic mass is 10.0. The first kappa shape index (κ1) is 23.4. The van der Waals surface area contributed by atoms with Gasteiger partial charge in [0.2, 0.25) is 0 Å². The van der Waals surface area contributed by atoms with Crippen LogP contribution in [0.5, 0.6) is 0 Å². The summed E-state index contributed by atoms with van der Waals surface area (Å²) in [4.78, 5) is 25.4. The SMILES string of the molecule is CN1CCN(CN2C(=O)C(=Cc3cn(CN4CCN(C)CC4)c4ccccc34)c3ccccc32)CC1. The minimum absolute atomic E-state index is 0.103. The minimum Gasteiger partial charge on any atom is -0.333 e. The van der Waals surface area contributed by atoms with Gasteiger partial charge in [-0.15, -0.1) is 0 Å². The van der Waals surface area contributed by atoms with Crippen LogP contribution in [0.3, 0.4) is 0 Å². The Labute approximate surface area is 213 Å². The predicted molar refractivity (Wildman–Crippen MR) is 147 cm³/mol. The normalized spacial score (nSPS) is 21.7. The molecule has 0 spiro atoms. The van der Waals surface area contributed by atoms with Crippen molar-refractivity contribution < 1.29 is 4.79 Å². The molecular formula is C29H36N6O. The molecule has 3 aromatic rings. The lowest BCUT2D eigenvalue weighted by Crippen LogP contribution is -2.49. The standard InChI is InChI=1S/C29H36N6O/c1-30-11-15-32(16-12-30)21-34-20-23(24-7-3-5-9-27(24)34)19-26-25-8-4-6-10-28(25)35(29(26)36)22-33-17-13-31(2)14-18-33/h3-10,19-20H,11-18,21-22H2,1-2H3. The summed E-state index contributed by atoms with van der Waals surface area (Å²) < 4.78 is 2.35. The summed E-state index contributed by atoms with van der Waals surface area (Å²) in [5.41, 5.74) is 5.18. The Hall–Kier alpha value is -2.97. The second-order valence-corrected chi connectivity index (χ2v) is 10.5. The molecular weight excluding hydrogens is 448 g/mol. The largest absolute Gasteiger partial charge is 0.333 e. The van der Waals surface area contributed by atoms with Crippen molar-refractivity contribution in [2.24, 2.45) is 0 Å². The fourth-order valence-electron chi connectivity index (χ4n) is 5.64. The van der Waals surface area contributed by atoms with Crippen LogP contribution in [-0.2, 0) is 11.5 Å². The van der Waals surface area contributed by atoms with Gasteiger partial charge in [-0.3, -0.25) is 19.5 Å². The van der Waals surface area contributed by atoms with E-state index in [4.69, 9.17) is 0 Å². The van der Waals surface area contributed by atoms with Crippen molar-refractivity contribution in [1.82, 2.24) is 24.2 Å². The molecule has 36 heavy (non-hydrogen) atoms. The molecule has 3 aliphatic heterocycles. The number of piperazine rings is 2. The van der Waals surface area contributed by atoms with Crippen molar-refractivity contribution in [2.45, 2.75) is 6.67 Å². The molecule has 3 aliphatic rings. The molecule has 4 heterocycles. The molecule has 1 amide bonds. The highest BCUT2D eigenvalue weighted by atomic mass is 16.2. The van der Waals surface area contributed by atoms with Crippen molar-refractivity contribution in [3.8, 4) is 0 Å². The van der Waals surface area contributed by atoms with E-state index in [1.165, 1.54) is 10.9 Å². The molecule has 0 bridgehead atoms. The van der Waals surface area contributed by atoms with E-state index in [0.29, 0.717) is 6.67 Å². The van der Waals surface area contributed by atoms with E-state index in [1.54, 1.807) is 0 Å². The Kier molecular flexibility index (Phi) is 6.39. The molecule has 2 saturated heterocycles. The van der Waals surface area contributed by atoms with Crippen LogP contribution < -0.4 is 4.90 Å². The summed E-state index contributed by atoms with van der Waals surface area (Å²) in [7, 11) is 4.35. The number of carbonyl (C=O) groups is 1. The number of amides is 1. The number of rotatable bonds is 5. The van der Waals surface area contributed by atoms with E-state index in [-0.39, 0.29) is 5.91 Å². The van der Waals surface area contributed by atoms with Crippen LogP contribution in [0.1, 0.15) is 11.1 Å². The number of aromatic nitrogens is 1. The summed E-state index contributed by atoms with van der Waals surface area (Å²) in [5.74, 6) is 0.103. The molecule has 0 atom stereocenters. The molecule has 0 saturated carbocycles. The van der Waals surface area contributed by atoms with Crippen molar-refractivity contribution in [2.75, 3.05) is 78.0 Å². The van der Waals surface area contributed by atoms with E-state index in [1.807, 2.05) is 17.0 Å². The highest BCUT2D eigenvalue weighted by Crippen LogP contribution is 2.38. The first-order valence-electron chi connectivity index (χ1n) is 13.1. The number of hydrogen-bond donors (Lipinski definition) is 0. The number of benzene rings is 2. The fourth-order valence-corrected chi connectivity index (χ4v) is 5.64. The number of likely N-dealkylation sites (N-methyl/N-ethyl adjacent to an activating group) is 2. The zero-order valence-electron chi connectivity index (χ0n) is 21.4. The van der Waals surface area contributed by atoms with Gasteiger partial charge in [-0.1, -0.05) is 36.4 Å². The Morgan fingerprint density at radius 2 is 1.36 bits per heavy atom. The Bertz CT molecular complexity index is 1280. The van der Waals surface area contributed by atoms with E-state index < -0.39 is 0 Å². The van der Waals surface area contributed by atoms with Crippen molar-refractivity contribution in [3.63, 3.8) is 0 Å². The maximum absolute atomic E-state index is 13.8. The summed E-state index contributed by atoms with van der Waals surface area (Å²) in [6.45, 7) is 9.93. The molecule has 0 aliphatic carbocycles. The number of hydrogen-bond acceptors (Lipinski definition) is 5. The van der Waals surface area contributed by atoms with E-state index in [2.05, 4.69) is 86.9 Å². The number of anilines is 1. The van der Waals surface area contributed by atoms with Crippen LogP contribution >= 0.6 is 0 Å². The molecule has 7 nitrogen and oxygen atoms in total. The molecule has 0 unspecified atom stereocenters. The zero-order valence-corrected chi connectivity index (χ0v) is 21.4. The fraction of sp³-hybridized carbons (Fsp3) is 0.414. The van der Waals surface area contributed by atoms with E-state index in [0.717, 1.165) is 81.4 Å². The lowest BCUT2D eigenvalue weighted by molar-refractivity contribution is -0.113. The lowest BCUT2D eigenvalue weighted by Gasteiger charge is -2.34. The van der Waals surface area contributed by atoms with E-state index >= 15 is 0 Å². The first-order chi connectivity index (χ1) is 17.6. The topological polar surface area (TPSA) is 38.2 Å². The minimum atomic E-state index is 0.103. The van der Waals surface area contributed by atoms with Crippen molar-refractivity contribution in [3.05, 3.63) is 65.9 Å². The third-order valence-electron chi connectivity index (χ3n) is 7.97. The maximum atomic E-state index is 13.8. The second kappa shape index (κ2) is 9.82. The number of fused-ring (bicyclic) bond motifs is 2. The van der Waals surface area contributed by atoms with Gasteiger partial charge in [-0.2, -0.15) is 0 Å². The molecule has 6 rings (SSSR count). The molecule has 2 aromatic carbocycles. The maximum Gasteiger partial charge on any atom is 0.260 e. The summed E-state index contributed by atoms with van der Waals surface area (Å²) >= 11 is 0. The van der Waals surface area contributed by atoms with Crippen LogP contribution in [0.2, 0.25) is 0 Å². The quantitative estimate of drug-likeness (QED) is 0.521. The third kappa shape index (κ3) is 4.48. The van der Waals surface area contributed by atoms with E-state index in [9.17, 15) is 4.79 Å². The van der Waals surface area contributed by atoms with Crippen LogP contribution in [0, 0.1) is 0 Å². The highest BCUT2D eigenvalue weighted by molar-refractivity contribution is 6.36. The van der Waals surface area contributed by atoms with Gasteiger partial charge >= 0.3 is 0 Å². The van der Waals surface area contributed by atoms with Gasteiger partial charge in [0.25, 0.3) is 5.91 Å². The summed E-state index contributed by atoms with van der Waals surface area (Å²) in [5, 5.41) is 1.20. The number of nitrogens with zero attached hydrogens (tertiary/aromatic N) is 6. The van der Waals surface area contributed by atoms with Gasteiger partial charge in [0, 0.05) is 86.2 Å². The van der Waals surface area contributed by atoms with Crippen LogP contribution in [0.15, 0.2) is 54.7 Å². The van der Waals surface area contributed by atoms with Crippen molar-refractivity contribution in [1.29, 1.82) is 0 Å². The van der Waals surface area contributed by atoms with Crippen molar-refractivity contribution >= 4 is 34.1 Å². The summed E-state index contributed by atoms with van der Waals surface area (Å²) in [6, 6.07) is 16.8. The molecule has 188 valence electrons. The van der Waals surface area contributed by atoms with Gasteiger partial charge in [0.15, 0.2) is 0 Å². The molecule has 0 N–H and O–H groups in total. The number of carbonyl (C=O) groups excluding carboxylic acids is 1. The Balaban J connectivity index is 1.32. The molecule has 0 radical (unpaired) electrons. The molecule has 2 fully saturated rings. The van der Waals surface area contributed by atoms with Gasteiger partial charge in [-0.05, 0) is 32.3 Å². The smallest absolute Gasteiger partial charge is 0.260 e. The number of para-hydroxylation sites is 2. The van der Waals surface area contributed by atoms with Crippen LogP contribution in [0.4, 0.5) is 5.69 Å². The predicted octanol–water partition coefficient (Wildman–Crippen LogP) is 2.94. The van der Waals surface area contributed by atoms with Gasteiger partial charge in [0.1, 0.15) is 0 Å². The zero-order chi connectivity index (χ0) is 24.6. The monoisotopic (exact) mass is 484 g/mol. The Morgan fingerprint density at radius 1 is 0.750 bits per heavy atom.